The zero-order valence-corrected chi connectivity index (χ0v) is 12.9. The maximum absolute atomic E-state index is 14.3. The summed E-state index contributed by atoms with van der Waals surface area (Å²) in [5.41, 5.74) is 1.51. The number of hydrogen-bond donors (Lipinski definition) is 0. The van der Waals surface area contributed by atoms with E-state index in [4.69, 9.17) is 0 Å². The zero-order chi connectivity index (χ0) is 17.0. The molecule has 122 valence electrons. The average molecular weight is 322 g/mol. The summed E-state index contributed by atoms with van der Waals surface area (Å²) in [6.07, 6.45) is 0. The molecule has 0 bridgehead atoms. The van der Waals surface area contributed by atoms with Gasteiger partial charge in [0.15, 0.2) is 6.61 Å². The zero-order valence-electron chi connectivity index (χ0n) is 12.9. The molecule has 23 heavy (non-hydrogen) atoms. The number of carbonyl (C=O) groups excluding carboxylic acids is 1. The van der Waals surface area contributed by atoms with Gasteiger partial charge in [-0.3, -0.25) is 4.79 Å². The van der Waals surface area contributed by atoms with Crippen LogP contribution in [0, 0.1) is 5.82 Å². The van der Waals surface area contributed by atoms with E-state index in [9.17, 15) is 18.0 Å². The fourth-order valence-corrected chi connectivity index (χ4v) is 2.11. The van der Waals surface area contributed by atoms with Crippen LogP contribution in [0.1, 0.15) is 25.3 Å². The number of hydrogen-bond acceptors (Lipinski definition) is 2. The smallest absolute Gasteiger partial charge is 0.313 e. The van der Waals surface area contributed by atoms with Crippen LogP contribution in [0.5, 0.6) is 0 Å². The molecule has 0 spiro atoms. The number of esters is 1. The van der Waals surface area contributed by atoms with Crippen molar-refractivity contribution in [3.8, 4) is 11.1 Å². The van der Waals surface area contributed by atoms with Crippen molar-refractivity contribution in [2.45, 2.75) is 25.7 Å². The van der Waals surface area contributed by atoms with Crippen molar-refractivity contribution in [1.29, 1.82) is 0 Å². The summed E-state index contributed by atoms with van der Waals surface area (Å²) in [4.78, 5) is 11.8. The van der Waals surface area contributed by atoms with Crippen LogP contribution in [0.4, 0.5) is 13.2 Å². The minimum absolute atomic E-state index is 0.381. The SMILES string of the molecule is CC(C(=O)OCC(C)(F)F)c1ccc(-c2ccccc2)c(F)c1. The van der Waals surface area contributed by atoms with Crippen LogP contribution in [0.2, 0.25) is 0 Å². The molecule has 0 fully saturated rings. The summed E-state index contributed by atoms with van der Waals surface area (Å²) in [5, 5.41) is 0. The molecule has 0 saturated carbocycles. The van der Waals surface area contributed by atoms with Crippen LogP contribution in [-0.2, 0) is 9.53 Å². The van der Waals surface area contributed by atoms with Crippen molar-refractivity contribution in [2.75, 3.05) is 6.61 Å². The lowest BCUT2D eigenvalue weighted by atomic mass is 9.97. The Hall–Kier alpha value is -2.30. The second kappa shape index (κ2) is 6.86. The first-order valence-electron chi connectivity index (χ1n) is 7.17. The summed E-state index contributed by atoms with van der Waals surface area (Å²) in [6, 6.07) is 13.4. The molecule has 5 heteroatoms. The fraction of sp³-hybridized carbons (Fsp3) is 0.278. The van der Waals surface area contributed by atoms with E-state index in [1.807, 2.05) is 6.07 Å². The molecule has 0 heterocycles. The van der Waals surface area contributed by atoms with Gasteiger partial charge in [0.05, 0.1) is 5.92 Å². The maximum Gasteiger partial charge on any atom is 0.313 e. The number of benzene rings is 2. The Morgan fingerprint density at radius 2 is 1.83 bits per heavy atom. The molecule has 0 aliphatic heterocycles. The van der Waals surface area contributed by atoms with Crippen molar-refractivity contribution in [3.63, 3.8) is 0 Å². The second-order valence-electron chi connectivity index (χ2n) is 5.50. The Morgan fingerprint density at radius 1 is 1.17 bits per heavy atom. The van der Waals surface area contributed by atoms with E-state index in [1.165, 1.54) is 13.0 Å². The van der Waals surface area contributed by atoms with Crippen molar-refractivity contribution >= 4 is 5.97 Å². The number of ether oxygens (including phenoxy) is 1. The first kappa shape index (κ1) is 17.1. The minimum Gasteiger partial charge on any atom is -0.459 e. The van der Waals surface area contributed by atoms with Crippen LogP contribution in [0.25, 0.3) is 11.1 Å². The van der Waals surface area contributed by atoms with Crippen LogP contribution < -0.4 is 0 Å². The van der Waals surface area contributed by atoms with Gasteiger partial charge in [0.25, 0.3) is 5.92 Å². The quantitative estimate of drug-likeness (QED) is 0.740. The van der Waals surface area contributed by atoms with Gasteiger partial charge in [-0.25, -0.2) is 13.2 Å². The lowest BCUT2D eigenvalue weighted by Gasteiger charge is -2.15. The van der Waals surface area contributed by atoms with Crippen molar-refractivity contribution < 1.29 is 22.7 Å². The van der Waals surface area contributed by atoms with Gasteiger partial charge in [-0.1, -0.05) is 42.5 Å². The topological polar surface area (TPSA) is 26.3 Å². The molecule has 2 aromatic carbocycles. The van der Waals surface area contributed by atoms with E-state index in [1.54, 1.807) is 36.4 Å². The van der Waals surface area contributed by atoms with Crippen molar-refractivity contribution in [1.82, 2.24) is 0 Å². The summed E-state index contributed by atoms with van der Waals surface area (Å²) in [5.74, 6) is -5.19. The first-order valence-corrected chi connectivity index (χ1v) is 7.17. The van der Waals surface area contributed by atoms with Gasteiger partial charge in [0, 0.05) is 12.5 Å². The van der Waals surface area contributed by atoms with Gasteiger partial charge in [0.2, 0.25) is 0 Å². The Kier molecular flexibility index (Phi) is 5.08. The first-order chi connectivity index (χ1) is 10.8. The van der Waals surface area contributed by atoms with Gasteiger partial charge in [-0.2, -0.15) is 0 Å². The molecule has 2 aromatic rings. The molecule has 0 aliphatic carbocycles. The highest BCUT2D eigenvalue weighted by atomic mass is 19.3. The summed E-state index contributed by atoms with van der Waals surface area (Å²) >= 11 is 0. The normalized spacial score (nSPS) is 12.7. The number of halogens is 3. The third kappa shape index (κ3) is 4.58. The van der Waals surface area contributed by atoms with E-state index >= 15 is 0 Å². The molecule has 0 aromatic heterocycles. The minimum atomic E-state index is -3.09. The second-order valence-corrected chi connectivity index (χ2v) is 5.50. The van der Waals surface area contributed by atoms with E-state index in [0.717, 1.165) is 5.56 Å². The van der Waals surface area contributed by atoms with E-state index in [-0.39, 0.29) is 0 Å². The molecule has 0 radical (unpaired) electrons. The lowest BCUT2D eigenvalue weighted by molar-refractivity contribution is -0.155. The van der Waals surface area contributed by atoms with Gasteiger partial charge < -0.3 is 4.74 Å². The number of alkyl halides is 2. The molecular weight excluding hydrogens is 305 g/mol. The Morgan fingerprint density at radius 3 is 2.39 bits per heavy atom. The highest BCUT2D eigenvalue weighted by Crippen LogP contribution is 2.27. The van der Waals surface area contributed by atoms with Crippen molar-refractivity contribution in [2.24, 2.45) is 0 Å². The van der Waals surface area contributed by atoms with E-state index in [0.29, 0.717) is 18.1 Å². The maximum atomic E-state index is 14.3. The van der Waals surface area contributed by atoms with Crippen LogP contribution in [0.15, 0.2) is 48.5 Å². The van der Waals surface area contributed by atoms with Gasteiger partial charge in [-0.05, 0) is 24.1 Å². The number of rotatable bonds is 5. The molecule has 0 N–H and O–H groups in total. The Bertz CT molecular complexity index is 678. The van der Waals surface area contributed by atoms with Gasteiger partial charge >= 0.3 is 5.97 Å². The highest BCUT2D eigenvalue weighted by Gasteiger charge is 2.26. The molecule has 2 rings (SSSR count). The predicted molar refractivity (Wildman–Crippen MR) is 81.8 cm³/mol. The molecule has 0 amide bonds. The third-order valence-electron chi connectivity index (χ3n) is 3.40. The molecule has 2 nitrogen and oxygen atoms in total. The summed E-state index contributed by atoms with van der Waals surface area (Å²) in [6.45, 7) is 1.17. The van der Waals surface area contributed by atoms with E-state index in [2.05, 4.69) is 4.74 Å². The molecular formula is C18H17F3O2. The summed E-state index contributed by atoms with van der Waals surface area (Å²) < 4.78 is 44.3. The monoisotopic (exact) mass is 322 g/mol. The predicted octanol–water partition coefficient (Wildman–Crippen LogP) is 4.79. The number of carbonyl (C=O) groups is 1. The fourth-order valence-electron chi connectivity index (χ4n) is 2.11. The van der Waals surface area contributed by atoms with Crippen LogP contribution in [-0.4, -0.2) is 18.5 Å². The van der Waals surface area contributed by atoms with E-state index < -0.39 is 30.2 Å². The molecule has 0 saturated heterocycles. The van der Waals surface area contributed by atoms with Crippen LogP contribution in [0.3, 0.4) is 0 Å². The average Bonchev–Trinajstić information content (AvgIpc) is 2.52. The van der Waals surface area contributed by atoms with Crippen LogP contribution >= 0.6 is 0 Å². The van der Waals surface area contributed by atoms with Gasteiger partial charge in [-0.15, -0.1) is 0 Å². The third-order valence-corrected chi connectivity index (χ3v) is 3.40. The highest BCUT2D eigenvalue weighted by molar-refractivity contribution is 5.78. The Labute approximate surface area is 132 Å². The van der Waals surface area contributed by atoms with Gasteiger partial charge in [0.1, 0.15) is 5.82 Å². The molecule has 1 atom stereocenters. The summed E-state index contributed by atoms with van der Waals surface area (Å²) in [7, 11) is 0. The molecule has 0 aliphatic rings. The molecule has 1 unspecified atom stereocenters. The Balaban J connectivity index is 2.15. The standard InChI is InChI=1S/C18H17F3O2/c1-12(17(22)23-11-18(2,20)21)14-8-9-15(16(19)10-14)13-6-4-3-5-7-13/h3-10,12H,11H2,1-2H3. The largest absolute Gasteiger partial charge is 0.459 e. The van der Waals surface area contributed by atoms with Crippen molar-refractivity contribution in [3.05, 3.63) is 59.9 Å². The lowest BCUT2D eigenvalue weighted by Crippen LogP contribution is -2.24.